The summed E-state index contributed by atoms with van der Waals surface area (Å²) >= 11 is 5.60. The van der Waals surface area contributed by atoms with Crippen molar-refractivity contribution in [2.24, 2.45) is 0 Å². The Kier molecular flexibility index (Phi) is 6.56. The van der Waals surface area contributed by atoms with E-state index in [9.17, 15) is 8.42 Å². The van der Waals surface area contributed by atoms with E-state index in [0.29, 0.717) is 13.2 Å². The van der Waals surface area contributed by atoms with Gasteiger partial charge < -0.3 is 4.74 Å². The van der Waals surface area contributed by atoms with Crippen LogP contribution in [0.2, 0.25) is 5.15 Å². The van der Waals surface area contributed by atoms with Gasteiger partial charge in [0.1, 0.15) is 10.0 Å². The van der Waals surface area contributed by atoms with Crippen molar-refractivity contribution in [1.29, 1.82) is 0 Å². The van der Waals surface area contributed by atoms with E-state index in [1.54, 1.807) is 7.11 Å². The Labute approximate surface area is 113 Å². The molecule has 1 aromatic rings. The average molecular weight is 293 g/mol. The first-order valence-electron chi connectivity index (χ1n) is 5.66. The van der Waals surface area contributed by atoms with Gasteiger partial charge in [-0.15, -0.1) is 0 Å². The highest BCUT2D eigenvalue weighted by molar-refractivity contribution is 7.89. The third-order valence-corrected chi connectivity index (χ3v) is 4.00. The van der Waals surface area contributed by atoms with Crippen molar-refractivity contribution in [2.75, 3.05) is 20.3 Å². The third-order valence-electron chi connectivity index (χ3n) is 2.33. The van der Waals surface area contributed by atoms with E-state index < -0.39 is 10.0 Å². The molecule has 102 valence electrons. The summed E-state index contributed by atoms with van der Waals surface area (Å²) in [7, 11) is -1.82. The first-order valence-corrected chi connectivity index (χ1v) is 7.52. The summed E-state index contributed by atoms with van der Waals surface area (Å²) in [5.41, 5.74) is 0. The van der Waals surface area contributed by atoms with Crippen molar-refractivity contribution >= 4 is 21.6 Å². The van der Waals surface area contributed by atoms with E-state index >= 15 is 0 Å². The van der Waals surface area contributed by atoms with Crippen molar-refractivity contribution in [3.8, 4) is 0 Å². The molecular formula is C11H17ClN2O3S. The molecule has 1 heterocycles. The maximum atomic E-state index is 11.8. The predicted octanol–water partition coefficient (Wildman–Crippen LogP) is 1.83. The summed E-state index contributed by atoms with van der Waals surface area (Å²) in [6.07, 6.45) is 3.88. The molecule has 0 aliphatic rings. The number of hydrogen-bond acceptors (Lipinski definition) is 4. The second kappa shape index (κ2) is 7.68. The number of sulfonamides is 1. The minimum atomic E-state index is -3.47. The summed E-state index contributed by atoms with van der Waals surface area (Å²) in [6.45, 7) is 1.11. The molecule has 0 bridgehead atoms. The molecule has 18 heavy (non-hydrogen) atoms. The summed E-state index contributed by atoms with van der Waals surface area (Å²) in [5.74, 6) is 0. The lowest BCUT2D eigenvalue weighted by Crippen LogP contribution is -2.24. The minimum absolute atomic E-state index is 0.129. The molecule has 1 aromatic heterocycles. The van der Waals surface area contributed by atoms with Crippen molar-refractivity contribution < 1.29 is 13.2 Å². The van der Waals surface area contributed by atoms with Gasteiger partial charge >= 0.3 is 0 Å². The van der Waals surface area contributed by atoms with Crippen LogP contribution < -0.4 is 4.72 Å². The molecule has 0 radical (unpaired) electrons. The Morgan fingerprint density at radius 2 is 2.11 bits per heavy atom. The zero-order valence-electron chi connectivity index (χ0n) is 10.2. The molecule has 0 aliphatic carbocycles. The van der Waals surface area contributed by atoms with Crippen LogP contribution in [0.4, 0.5) is 0 Å². The van der Waals surface area contributed by atoms with E-state index in [4.69, 9.17) is 16.3 Å². The van der Waals surface area contributed by atoms with Crippen LogP contribution in [0.1, 0.15) is 19.3 Å². The third kappa shape index (κ3) is 5.30. The zero-order valence-corrected chi connectivity index (χ0v) is 11.8. The van der Waals surface area contributed by atoms with Crippen molar-refractivity contribution in [2.45, 2.75) is 24.2 Å². The fourth-order valence-corrected chi connectivity index (χ4v) is 2.49. The fraction of sp³-hybridized carbons (Fsp3) is 0.545. The van der Waals surface area contributed by atoms with Crippen molar-refractivity contribution in [3.05, 3.63) is 23.5 Å². The number of ether oxygens (including phenoxy) is 1. The lowest BCUT2D eigenvalue weighted by Gasteiger charge is -2.06. The Bertz CT molecular complexity index is 448. The number of nitrogens with one attached hydrogen (secondary N) is 1. The molecule has 0 atom stereocenters. The van der Waals surface area contributed by atoms with Gasteiger partial charge in [0.2, 0.25) is 10.0 Å². The van der Waals surface area contributed by atoms with E-state index in [-0.39, 0.29) is 10.0 Å². The Morgan fingerprint density at radius 1 is 1.33 bits per heavy atom. The summed E-state index contributed by atoms with van der Waals surface area (Å²) in [5, 5.41) is 0.272. The van der Waals surface area contributed by atoms with Gasteiger partial charge in [-0.1, -0.05) is 11.6 Å². The lowest BCUT2D eigenvalue weighted by atomic mass is 10.2. The number of methoxy groups -OCH3 is 1. The molecule has 0 amide bonds. The Balaban J connectivity index is 2.38. The highest BCUT2D eigenvalue weighted by Gasteiger charge is 2.13. The molecule has 0 unspecified atom stereocenters. The summed E-state index contributed by atoms with van der Waals surface area (Å²) in [4.78, 5) is 3.87. The molecule has 5 nitrogen and oxygen atoms in total. The zero-order chi connectivity index (χ0) is 13.4. The van der Waals surface area contributed by atoms with Gasteiger partial charge in [-0.25, -0.2) is 18.1 Å². The van der Waals surface area contributed by atoms with Gasteiger partial charge in [-0.3, -0.25) is 0 Å². The summed E-state index contributed by atoms with van der Waals surface area (Å²) < 4.78 is 31.1. The Morgan fingerprint density at radius 3 is 2.72 bits per heavy atom. The minimum Gasteiger partial charge on any atom is -0.385 e. The maximum Gasteiger partial charge on any atom is 0.242 e. The molecule has 7 heteroatoms. The van der Waals surface area contributed by atoms with Gasteiger partial charge in [0.05, 0.1) is 0 Å². The predicted molar refractivity (Wildman–Crippen MR) is 70.2 cm³/mol. The molecule has 0 saturated heterocycles. The first-order chi connectivity index (χ1) is 8.56. The molecular weight excluding hydrogens is 276 g/mol. The largest absolute Gasteiger partial charge is 0.385 e. The molecule has 0 saturated carbocycles. The standard InChI is InChI=1S/C11H17ClN2O3S/c1-17-8-4-2-3-7-14-18(15,16)10-5-6-11(12)13-9-10/h5-6,9,14H,2-4,7-8H2,1H3. The number of nitrogens with zero attached hydrogens (tertiary/aromatic N) is 1. The molecule has 0 fully saturated rings. The van der Waals surface area contributed by atoms with Gasteiger partial charge in [-0.05, 0) is 31.4 Å². The highest BCUT2D eigenvalue weighted by atomic mass is 35.5. The average Bonchev–Trinajstić information content (AvgIpc) is 2.34. The topological polar surface area (TPSA) is 68.3 Å². The quantitative estimate of drug-likeness (QED) is 0.586. The first kappa shape index (κ1) is 15.4. The molecule has 1 N–H and O–H groups in total. The maximum absolute atomic E-state index is 11.8. The van der Waals surface area contributed by atoms with Crippen LogP contribution in [0.5, 0.6) is 0 Å². The normalized spacial score (nSPS) is 11.7. The monoisotopic (exact) mass is 292 g/mol. The van der Waals surface area contributed by atoms with Crippen LogP contribution in [0.25, 0.3) is 0 Å². The fourth-order valence-electron chi connectivity index (χ4n) is 1.36. The van der Waals surface area contributed by atoms with Gasteiger partial charge in [0.15, 0.2) is 0 Å². The number of rotatable bonds is 8. The van der Waals surface area contributed by atoms with Gasteiger partial charge in [0, 0.05) is 26.5 Å². The smallest absolute Gasteiger partial charge is 0.242 e. The number of halogens is 1. The lowest BCUT2D eigenvalue weighted by molar-refractivity contribution is 0.192. The summed E-state index contributed by atoms with van der Waals surface area (Å²) in [6, 6.07) is 2.89. The van der Waals surface area contributed by atoms with Crippen LogP contribution in [-0.4, -0.2) is 33.7 Å². The number of aromatic nitrogens is 1. The van der Waals surface area contributed by atoms with E-state index in [1.165, 1.54) is 18.3 Å². The molecule has 1 rings (SSSR count). The molecule has 0 aliphatic heterocycles. The SMILES string of the molecule is COCCCCCNS(=O)(=O)c1ccc(Cl)nc1. The van der Waals surface area contributed by atoms with Crippen LogP contribution in [-0.2, 0) is 14.8 Å². The van der Waals surface area contributed by atoms with Crippen LogP contribution in [0.15, 0.2) is 23.2 Å². The van der Waals surface area contributed by atoms with Crippen LogP contribution in [0.3, 0.4) is 0 Å². The van der Waals surface area contributed by atoms with E-state index in [0.717, 1.165) is 19.3 Å². The van der Waals surface area contributed by atoms with Crippen molar-refractivity contribution in [3.63, 3.8) is 0 Å². The molecule has 0 spiro atoms. The number of unbranched alkanes of at least 4 members (excludes halogenated alkanes) is 2. The van der Waals surface area contributed by atoms with Crippen LogP contribution >= 0.6 is 11.6 Å². The van der Waals surface area contributed by atoms with E-state index in [1.807, 2.05) is 0 Å². The second-order valence-electron chi connectivity index (χ2n) is 3.77. The van der Waals surface area contributed by atoms with Gasteiger partial charge in [-0.2, -0.15) is 0 Å². The van der Waals surface area contributed by atoms with Crippen molar-refractivity contribution in [1.82, 2.24) is 9.71 Å². The second-order valence-corrected chi connectivity index (χ2v) is 5.92. The molecule has 0 aromatic carbocycles. The number of pyridine rings is 1. The Hall–Kier alpha value is -0.690. The van der Waals surface area contributed by atoms with Crippen LogP contribution in [0, 0.1) is 0 Å². The number of hydrogen-bond donors (Lipinski definition) is 1. The highest BCUT2D eigenvalue weighted by Crippen LogP contribution is 2.10. The van der Waals surface area contributed by atoms with Gasteiger partial charge in [0.25, 0.3) is 0 Å². The van der Waals surface area contributed by atoms with E-state index in [2.05, 4.69) is 9.71 Å².